The van der Waals surface area contributed by atoms with E-state index in [0.29, 0.717) is 29.5 Å². The summed E-state index contributed by atoms with van der Waals surface area (Å²) in [7, 11) is 0. The second-order valence-corrected chi connectivity index (χ2v) is 4.01. The lowest BCUT2D eigenvalue weighted by atomic mass is 10.2. The molecular formula is C10H13ClF3N3. The molecule has 0 bridgehead atoms. The molecule has 7 heteroatoms. The highest BCUT2D eigenvalue weighted by atomic mass is 35.5. The molecule has 0 aromatic carbocycles. The minimum absolute atomic E-state index is 0.0864. The first-order chi connectivity index (χ1) is 7.88. The number of nitrogens with one attached hydrogen (secondary N) is 1. The quantitative estimate of drug-likeness (QED) is 0.803. The number of nitrogens with two attached hydrogens (primary N) is 1. The number of alkyl halides is 3. The Labute approximate surface area is 102 Å². The summed E-state index contributed by atoms with van der Waals surface area (Å²) in [5, 5.41) is 3.22. The predicted molar refractivity (Wildman–Crippen MR) is 62.1 cm³/mol. The van der Waals surface area contributed by atoms with Gasteiger partial charge in [-0.25, -0.2) is 4.98 Å². The molecular weight excluding hydrogens is 255 g/mol. The van der Waals surface area contributed by atoms with Crippen molar-refractivity contribution in [2.75, 3.05) is 17.6 Å². The molecule has 0 saturated heterocycles. The summed E-state index contributed by atoms with van der Waals surface area (Å²) >= 11 is 5.83. The first-order valence-electron chi connectivity index (χ1n) is 5.10. The summed E-state index contributed by atoms with van der Waals surface area (Å²) in [4.78, 5) is 3.93. The van der Waals surface area contributed by atoms with E-state index in [0.717, 1.165) is 0 Å². The van der Waals surface area contributed by atoms with Crippen LogP contribution in [0.5, 0.6) is 0 Å². The fourth-order valence-electron chi connectivity index (χ4n) is 1.24. The number of nitrogens with zero attached hydrogens (tertiary/aromatic N) is 1. The summed E-state index contributed by atoms with van der Waals surface area (Å²) in [6.07, 6.45) is -2.93. The topological polar surface area (TPSA) is 50.9 Å². The molecule has 17 heavy (non-hydrogen) atoms. The normalized spacial score (nSPS) is 11.5. The SMILES string of the molecule is Nc1cnc(NCCCCC(F)(F)F)c(Cl)c1. The number of hydrogen-bond donors (Lipinski definition) is 2. The molecule has 0 unspecified atom stereocenters. The Kier molecular flexibility index (Phi) is 4.86. The lowest BCUT2D eigenvalue weighted by molar-refractivity contribution is -0.135. The molecule has 0 amide bonds. The molecule has 0 saturated carbocycles. The number of hydrogen-bond acceptors (Lipinski definition) is 3. The van der Waals surface area contributed by atoms with Crippen LogP contribution in [0.4, 0.5) is 24.7 Å². The highest BCUT2D eigenvalue weighted by Gasteiger charge is 2.25. The number of rotatable bonds is 5. The van der Waals surface area contributed by atoms with E-state index >= 15 is 0 Å². The monoisotopic (exact) mass is 267 g/mol. The Morgan fingerprint density at radius 2 is 2.06 bits per heavy atom. The van der Waals surface area contributed by atoms with Gasteiger partial charge in [0.1, 0.15) is 5.82 Å². The molecule has 1 heterocycles. The number of halogens is 4. The van der Waals surface area contributed by atoms with Gasteiger partial charge >= 0.3 is 6.18 Å². The summed E-state index contributed by atoms with van der Waals surface area (Å²) < 4.78 is 35.5. The van der Waals surface area contributed by atoms with Gasteiger partial charge < -0.3 is 11.1 Å². The summed E-state index contributed by atoms with van der Waals surface area (Å²) in [5.41, 5.74) is 5.89. The van der Waals surface area contributed by atoms with Crippen LogP contribution in [0.15, 0.2) is 12.3 Å². The zero-order valence-corrected chi connectivity index (χ0v) is 9.78. The van der Waals surface area contributed by atoms with Crippen molar-refractivity contribution in [2.45, 2.75) is 25.4 Å². The first-order valence-corrected chi connectivity index (χ1v) is 5.48. The third-order valence-corrected chi connectivity index (χ3v) is 2.33. The van der Waals surface area contributed by atoms with Crippen LogP contribution in [-0.4, -0.2) is 17.7 Å². The highest BCUT2D eigenvalue weighted by Crippen LogP contribution is 2.23. The van der Waals surface area contributed by atoms with Crippen LogP contribution in [0.25, 0.3) is 0 Å². The average molecular weight is 268 g/mol. The summed E-state index contributed by atoms with van der Waals surface area (Å²) in [5.74, 6) is 0.438. The molecule has 0 aliphatic carbocycles. The Bertz CT molecular complexity index is 368. The van der Waals surface area contributed by atoms with Crippen molar-refractivity contribution in [3.63, 3.8) is 0 Å². The second-order valence-electron chi connectivity index (χ2n) is 3.60. The van der Waals surface area contributed by atoms with Crippen LogP contribution in [0.3, 0.4) is 0 Å². The zero-order chi connectivity index (χ0) is 12.9. The molecule has 3 nitrogen and oxygen atoms in total. The molecule has 1 aromatic heterocycles. The van der Waals surface area contributed by atoms with Crippen molar-refractivity contribution in [1.29, 1.82) is 0 Å². The maximum Gasteiger partial charge on any atom is 0.389 e. The van der Waals surface area contributed by atoms with Gasteiger partial charge in [0.15, 0.2) is 0 Å². The standard InChI is InChI=1S/C10H13ClF3N3/c11-8-5-7(15)6-17-9(8)16-4-2-1-3-10(12,13)14/h5-6H,1-4,15H2,(H,16,17). The van der Waals surface area contributed by atoms with Gasteiger partial charge in [0.05, 0.1) is 16.9 Å². The van der Waals surface area contributed by atoms with Crippen LogP contribution in [-0.2, 0) is 0 Å². The predicted octanol–water partition coefficient (Wildman–Crippen LogP) is 3.46. The Balaban J connectivity index is 2.27. The van der Waals surface area contributed by atoms with Crippen molar-refractivity contribution in [3.8, 4) is 0 Å². The average Bonchev–Trinajstić information content (AvgIpc) is 2.18. The molecule has 0 spiro atoms. The molecule has 96 valence electrons. The molecule has 0 atom stereocenters. The van der Waals surface area contributed by atoms with E-state index in [1.54, 1.807) is 0 Å². The zero-order valence-electron chi connectivity index (χ0n) is 9.02. The Morgan fingerprint density at radius 3 is 2.65 bits per heavy atom. The maximum atomic E-state index is 11.8. The van der Waals surface area contributed by atoms with Gasteiger partial charge in [0.2, 0.25) is 0 Å². The molecule has 0 fully saturated rings. The number of pyridine rings is 1. The van der Waals surface area contributed by atoms with Gasteiger partial charge in [-0.2, -0.15) is 13.2 Å². The fourth-order valence-corrected chi connectivity index (χ4v) is 1.48. The van der Waals surface area contributed by atoms with Gasteiger partial charge in [-0.1, -0.05) is 11.6 Å². The molecule has 0 radical (unpaired) electrons. The Hall–Kier alpha value is -1.17. The van der Waals surface area contributed by atoms with Gasteiger partial charge in [-0.15, -0.1) is 0 Å². The molecule has 1 rings (SSSR count). The van der Waals surface area contributed by atoms with Gasteiger partial charge in [-0.3, -0.25) is 0 Å². The third kappa shape index (κ3) is 5.63. The van der Waals surface area contributed by atoms with E-state index in [1.165, 1.54) is 12.3 Å². The lowest BCUT2D eigenvalue weighted by Gasteiger charge is -2.08. The van der Waals surface area contributed by atoms with Gasteiger partial charge in [0, 0.05) is 13.0 Å². The molecule has 3 N–H and O–H groups in total. The summed E-state index contributed by atoms with van der Waals surface area (Å²) in [6, 6.07) is 1.53. The van der Waals surface area contributed by atoms with E-state index < -0.39 is 12.6 Å². The van der Waals surface area contributed by atoms with E-state index in [1.807, 2.05) is 0 Å². The van der Waals surface area contributed by atoms with Gasteiger partial charge in [0.25, 0.3) is 0 Å². The number of aromatic nitrogens is 1. The van der Waals surface area contributed by atoms with E-state index in [4.69, 9.17) is 17.3 Å². The van der Waals surface area contributed by atoms with Crippen molar-refractivity contribution in [3.05, 3.63) is 17.3 Å². The fraction of sp³-hybridized carbons (Fsp3) is 0.500. The van der Waals surface area contributed by atoms with Crippen LogP contribution in [0.2, 0.25) is 5.02 Å². The molecule has 1 aromatic rings. The van der Waals surface area contributed by atoms with Crippen LogP contribution in [0.1, 0.15) is 19.3 Å². The maximum absolute atomic E-state index is 11.8. The van der Waals surface area contributed by atoms with Crippen molar-refractivity contribution >= 4 is 23.1 Å². The Morgan fingerprint density at radius 1 is 1.35 bits per heavy atom. The number of nitrogen functional groups attached to an aromatic ring is 1. The number of anilines is 2. The second kappa shape index (κ2) is 5.95. The first kappa shape index (κ1) is 13.9. The van der Waals surface area contributed by atoms with Crippen LogP contribution < -0.4 is 11.1 Å². The minimum Gasteiger partial charge on any atom is -0.397 e. The number of unbranched alkanes of at least 4 members (excludes halogenated alkanes) is 1. The smallest absolute Gasteiger partial charge is 0.389 e. The van der Waals surface area contributed by atoms with E-state index in [-0.39, 0.29) is 6.42 Å². The van der Waals surface area contributed by atoms with Crippen molar-refractivity contribution in [2.24, 2.45) is 0 Å². The van der Waals surface area contributed by atoms with Gasteiger partial charge in [-0.05, 0) is 18.9 Å². The minimum atomic E-state index is -4.09. The van der Waals surface area contributed by atoms with Crippen molar-refractivity contribution < 1.29 is 13.2 Å². The van der Waals surface area contributed by atoms with Crippen molar-refractivity contribution in [1.82, 2.24) is 4.98 Å². The van der Waals surface area contributed by atoms with E-state index in [9.17, 15) is 13.2 Å². The van der Waals surface area contributed by atoms with Crippen LogP contribution >= 0.6 is 11.6 Å². The molecule has 0 aliphatic heterocycles. The summed E-state index contributed by atoms with van der Waals surface area (Å²) in [6.45, 7) is 0.396. The third-order valence-electron chi connectivity index (χ3n) is 2.04. The lowest BCUT2D eigenvalue weighted by Crippen LogP contribution is -2.09. The largest absolute Gasteiger partial charge is 0.397 e. The van der Waals surface area contributed by atoms with E-state index in [2.05, 4.69) is 10.3 Å². The van der Waals surface area contributed by atoms with Crippen LogP contribution in [0, 0.1) is 0 Å². The molecule has 0 aliphatic rings. The highest BCUT2D eigenvalue weighted by molar-refractivity contribution is 6.33.